The Kier molecular flexibility index (Phi) is 4.32. The third kappa shape index (κ3) is 3.82. The molecule has 0 aromatic rings. The summed E-state index contributed by atoms with van der Waals surface area (Å²) in [6.07, 6.45) is 3.72. The van der Waals surface area contributed by atoms with E-state index in [0.29, 0.717) is 11.8 Å². The van der Waals surface area contributed by atoms with Gasteiger partial charge in [-0.25, -0.2) is 14.4 Å². The number of urea groups is 1. The number of carbonyl (C=O) groups is 2. The second kappa shape index (κ2) is 5.85. The topological polar surface area (TPSA) is 96.9 Å². The minimum Gasteiger partial charge on any atom is -0.444 e. The summed E-state index contributed by atoms with van der Waals surface area (Å²) < 4.78 is 5.26. The van der Waals surface area contributed by atoms with E-state index in [2.05, 4.69) is 15.6 Å². The lowest BCUT2D eigenvalue weighted by molar-refractivity contribution is 0.0475. The van der Waals surface area contributed by atoms with Crippen LogP contribution >= 0.6 is 0 Å². The van der Waals surface area contributed by atoms with E-state index >= 15 is 0 Å². The maximum Gasteiger partial charge on any atom is 0.407 e. The number of fused-ring (bicyclic) bond motifs is 2. The lowest BCUT2D eigenvalue weighted by Gasteiger charge is -2.32. The number of ether oxygens (including phenoxy) is 1. The molecule has 0 saturated heterocycles. The molecular formula is C14H21N3O4. The van der Waals surface area contributed by atoms with Crippen LogP contribution in [0.25, 0.3) is 0 Å². The highest BCUT2D eigenvalue weighted by Gasteiger charge is 2.49. The van der Waals surface area contributed by atoms with E-state index in [9.17, 15) is 14.4 Å². The Bertz CT molecular complexity index is 479. The first kappa shape index (κ1) is 15.5. The third-order valence-corrected chi connectivity index (χ3v) is 4.04. The van der Waals surface area contributed by atoms with Crippen LogP contribution < -0.4 is 10.6 Å². The molecule has 4 unspecified atom stereocenters. The molecular weight excluding hydrogens is 274 g/mol. The summed E-state index contributed by atoms with van der Waals surface area (Å²) in [5.41, 5.74) is -0.567. The average molecular weight is 295 g/mol. The molecule has 2 aliphatic carbocycles. The summed E-state index contributed by atoms with van der Waals surface area (Å²) in [5.74, 6) is 0.633. The Morgan fingerprint density at radius 3 is 2.24 bits per heavy atom. The van der Waals surface area contributed by atoms with E-state index in [-0.39, 0.29) is 12.1 Å². The van der Waals surface area contributed by atoms with Crippen molar-refractivity contribution in [3.63, 3.8) is 0 Å². The molecule has 3 amide bonds. The first-order valence-electron chi connectivity index (χ1n) is 7.18. The molecule has 2 rings (SSSR count). The van der Waals surface area contributed by atoms with Gasteiger partial charge in [0.1, 0.15) is 5.60 Å². The number of nitrogens with zero attached hydrogens (tertiary/aromatic N) is 1. The van der Waals surface area contributed by atoms with Crippen LogP contribution in [0.3, 0.4) is 0 Å². The van der Waals surface area contributed by atoms with Crippen molar-refractivity contribution in [3.05, 3.63) is 0 Å². The zero-order valence-corrected chi connectivity index (χ0v) is 12.5. The second-order valence-electron chi connectivity index (χ2n) is 6.68. The quantitative estimate of drug-likeness (QED) is 0.599. The summed E-state index contributed by atoms with van der Waals surface area (Å²) in [7, 11) is 0. The fraction of sp³-hybridized carbons (Fsp3) is 0.786. The Morgan fingerprint density at radius 1 is 1.14 bits per heavy atom. The van der Waals surface area contributed by atoms with Crippen LogP contribution in [-0.4, -0.2) is 35.9 Å². The lowest BCUT2D eigenvalue weighted by atomic mass is 9.90. The van der Waals surface area contributed by atoms with Crippen molar-refractivity contribution < 1.29 is 19.1 Å². The van der Waals surface area contributed by atoms with Gasteiger partial charge in [-0.3, -0.25) is 0 Å². The minimum atomic E-state index is -0.710. The normalized spacial score (nSPS) is 30.4. The first-order valence-corrected chi connectivity index (χ1v) is 7.18. The molecule has 0 heterocycles. The molecule has 4 atom stereocenters. The van der Waals surface area contributed by atoms with Gasteiger partial charge in [-0.05, 0) is 51.9 Å². The SMILES string of the molecule is CC(C)(C)OC(=O)NC1C2CCC(C2)C1NC(=O)N=C=O. The van der Waals surface area contributed by atoms with Gasteiger partial charge in [0.25, 0.3) is 0 Å². The van der Waals surface area contributed by atoms with Gasteiger partial charge >= 0.3 is 12.1 Å². The van der Waals surface area contributed by atoms with Gasteiger partial charge in [-0.2, -0.15) is 0 Å². The number of rotatable bonds is 2. The van der Waals surface area contributed by atoms with Crippen molar-refractivity contribution in [3.8, 4) is 0 Å². The Labute approximate surface area is 123 Å². The van der Waals surface area contributed by atoms with Crippen LogP contribution in [0.15, 0.2) is 4.99 Å². The van der Waals surface area contributed by atoms with Crippen molar-refractivity contribution in [2.45, 2.75) is 57.7 Å². The number of amides is 3. The highest BCUT2D eigenvalue weighted by molar-refractivity contribution is 5.80. The van der Waals surface area contributed by atoms with Crippen molar-refractivity contribution in [2.75, 3.05) is 0 Å². The molecule has 116 valence electrons. The fourth-order valence-corrected chi connectivity index (χ4v) is 3.37. The van der Waals surface area contributed by atoms with Gasteiger partial charge in [-0.15, -0.1) is 4.99 Å². The van der Waals surface area contributed by atoms with Crippen LogP contribution in [-0.2, 0) is 9.53 Å². The summed E-state index contributed by atoms with van der Waals surface area (Å²) in [6.45, 7) is 5.39. The van der Waals surface area contributed by atoms with Crippen LogP contribution in [0.4, 0.5) is 9.59 Å². The number of carbonyl (C=O) groups excluding carboxylic acids is 3. The van der Waals surface area contributed by atoms with Crippen LogP contribution in [0.1, 0.15) is 40.0 Å². The fourth-order valence-electron chi connectivity index (χ4n) is 3.37. The molecule has 0 spiro atoms. The first-order chi connectivity index (χ1) is 9.80. The molecule has 2 fully saturated rings. The molecule has 2 aliphatic rings. The molecule has 2 N–H and O–H groups in total. The van der Waals surface area contributed by atoms with E-state index in [1.165, 1.54) is 6.08 Å². The number of nitrogens with one attached hydrogen (secondary N) is 2. The Morgan fingerprint density at radius 2 is 1.71 bits per heavy atom. The maximum atomic E-state index is 11.9. The van der Waals surface area contributed by atoms with E-state index in [1.807, 2.05) is 0 Å². The maximum absolute atomic E-state index is 11.9. The molecule has 7 heteroatoms. The number of hydrogen-bond donors (Lipinski definition) is 2. The van der Waals surface area contributed by atoms with Gasteiger partial charge in [0.2, 0.25) is 6.08 Å². The zero-order chi connectivity index (χ0) is 15.6. The third-order valence-electron chi connectivity index (χ3n) is 4.04. The summed E-state index contributed by atoms with van der Waals surface area (Å²) in [4.78, 5) is 36.5. The van der Waals surface area contributed by atoms with Gasteiger partial charge in [-0.1, -0.05) is 0 Å². The van der Waals surface area contributed by atoms with E-state index in [0.717, 1.165) is 19.3 Å². The van der Waals surface area contributed by atoms with Gasteiger partial charge in [0.15, 0.2) is 0 Å². The molecule has 21 heavy (non-hydrogen) atoms. The summed E-state index contributed by atoms with van der Waals surface area (Å²) in [5, 5.41) is 5.54. The van der Waals surface area contributed by atoms with Crippen molar-refractivity contribution >= 4 is 18.2 Å². The lowest BCUT2D eigenvalue weighted by Crippen LogP contribution is -2.54. The van der Waals surface area contributed by atoms with Crippen LogP contribution in [0.2, 0.25) is 0 Å². The Hall–Kier alpha value is -1.88. The van der Waals surface area contributed by atoms with Gasteiger partial charge < -0.3 is 15.4 Å². The molecule has 2 saturated carbocycles. The van der Waals surface area contributed by atoms with Crippen molar-refractivity contribution in [1.29, 1.82) is 0 Å². The van der Waals surface area contributed by atoms with Gasteiger partial charge in [0.05, 0.1) is 12.1 Å². The van der Waals surface area contributed by atoms with Crippen LogP contribution in [0.5, 0.6) is 0 Å². The highest BCUT2D eigenvalue weighted by Crippen LogP contribution is 2.44. The molecule has 0 aliphatic heterocycles. The number of hydrogen-bond acceptors (Lipinski definition) is 4. The number of aliphatic imine (C=N–C) groups is 1. The monoisotopic (exact) mass is 295 g/mol. The smallest absolute Gasteiger partial charge is 0.407 e. The summed E-state index contributed by atoms with van der Waals surface area (Å²) >= 11 is 0. The standard InChI is InChI=1S/C14H21N3O4/c1-14(2,3)21-13(20)17-11-9-5-4-8(6-9)10(11)16-12(19)15-7-18/h8-11H,4-6H2,1-3H3,(H,16,19)(H,17,20). The molecule has 0 aromatic heterocycles. The zero-order valence-electron chi connectivity index (χ0n) is 12.5. The van der Waals surface area contributed by atoms with Crippen LogP contribution in [0, 0.1) is 11.8 Å². The summed E-state index contributed by atoms with van der Waals surface area (Å²) in [6, 6.07) is -1.09. The average Bonchev–Trinajstić information content (AvgIpc) is 2.90. The predicted octanol–water partition coefficient (Wildman–Crippen LogP) is 1.72. The predicted molar refractivity (Wildman–Crippen MR) is 74.4 cm³/mol. The van der Waals surface area contributed by atoms with E-state index in [1.54, 1.807) is 20.8 Å². The molecule has 0 radical (unpaired) electrons. The Balaban J connectivity index is 2.00. The van der Waals surface area contributed by atoms with E-state index in [4.69, 9.17) is 4.74 Å². The molecule has 7 nitrogen and oxygen atoms in total. The van der Waals surface area contributed by atoms with Crippen molar-refractivity contribution in [2.24, 2.45) is 16.8 Å². The second-order valence-corrected chi connectivity index (χ2v) is 6.68. The van der Waals surface area contributed by atoms with Gasteiger partial charge in [0, 0.05) is 0 Å². The highest BCUT2D eigenvalue weighted by atomic mass is 16.6. The molecule has 0 aromatic carbocycles. The largest absolute Gasteiger partial charge is 0.444 e. The number of alkyl carbamates (subject to hydrolysis) is 1. The molecule has 2 bridgehead atoms. The minimum absolute atomic E-state index is 0.176. The number of isocyanates is 1. The van der Waals surface area contributed by atoms with Crippen molar-refractivity contribution in [1.82, 2.24) is 10.6 Å². The van der Waals surface area contributed by atoms with E-state index < -0.39 is 17.7 Å².